The molecule has 23 heavy (non-hydrogen) atoms. The summed E-state index contributed by atoms with van der Waals surface area (Å²) in [5.41, 5.74) is -0.539. The van der Waals surface area contributed by atoms with Crippen molar-refractivity contribution in [3.05, 3.63) is 42.0 Å². The van der Waals surface area contributed by atoms with Crippen LogP contribution in [0.2, 0.25) is 0 Å². The van der Waals surface area contributed by atoms with Gasteiger partial charge in [0.1, 0.15) is 6.26 Å². The molecule has 1 saturated heterocycles. The Morgan fingerprint density at radius 1 is 1.09 bits per heavy atom. The van der Waals surface area contributed by atoms with Crippen LogP contribution >= 0.6 is 0 Å². The number of carbonyl (C=O) groups is 1. The highest BCUT2D eigenvalue weighted by molar-refractivity contribution is 5.94. The second-order valence-corrected chi connectivity index (χ2v) is 5.07. The number of piperazine rings is 1. The standard InChI is InChI=1S/C14H13F3N4O2/c15-14(16,17)11-1-2-12(19-18-11)20-4-6-21(7-5-20)13(22)10-3-8-23-9-10/h1-3,8-9H,4-7H2. The van der Waals surface area contributed by atoms with Gasteiger partial charge in [0.25, 0.3) is 5.91 Å². The molecule has 6 nitrogen and oxygen atoms in total. The van der Waals surface area contributed by atoms with Gasteiger partial charge in [-0.2, -0.15) is 13.2 Å². The number of amides is 1. The lowest BCUT2D eigenvalue weighted by Crippen LogP contribution is -2.49. The molecule has 3 heterocycles. The monoisotopic (exact) mass is 326 g/mol. The van der Waals surface area contributed by atoms with Gasteiger partial charge in [0.05, 0.1) is 11.8 Å². The number of anilines is 1. The van der Waals surface area contributed by atoms with E-state index in [9.17, 15) is 18.0 Å². The molecule has 0 aromatic carbocycles. The van der Waals surface area contributed by atoms with Crippen molar-refractivity contribution in [2.24, 2.45) is 0 Å². The molecule has 1 fully saturated rings. The highest BCUT2D eigenvalue weighted by atomic mass is 19.4. The summed E-state index contributed by atoms with van der Waals surface area (Å²) in [7, 11) is 0. The Balaban J connectivity index is 1.62. The van der Waals surface area contributed by atoms with Crippen LogP contribution in [0.1, 0.15) is 16.1 Å². The average molecular weight is 326 g/mol. The molecule has 0 radical (unpaired) electrons. The fraction of sp³-hybridized carbons (Fsp3) is 0.357. The van der Waals surface area contributed by atoms with Crippen molar-refractivity contribution in [3.8, 4) is 0 Å². The molecule has 3 rings (SSSR count). The summed E-state index contributed by atoms with van der Waals surface area (Å²) >= 11 is 0. The van der Waals surface area contributed by atoms with Crippen molar-refractivity contribution in [3.63, 3.8) is 0 Å². The lowest BCUT2D eigenvalue weighted by Gasteiger charge is -2.35. The second-order valence-electron chi connectivity index (χ2n) is 5.07. The average Bonchev–Trinajstić information content (AvgIpc) is 3.08. The summed E-state index contributed by atoms with van der Waals surface area (Å²) in [6.07, 6.45) is -1.68. The van der Waals surface area contributed by atoms with Crippen LogP contribution in [0.3, 0.4) is 0 Å². The number of halogens is 3. The van der Waals surface area contributed by atoms with E-state index in [0.29, 0.717) is 37.6 Å². The number of nitrogens with zero attached hydrogens (tertiary/aromatic N) is 4. The van der Waals surface area contributed by atoms with Crippen LogP contribution in [0.4, 0.5) is 19.0 Å². The van der Waals surface area contributed by atoms with E-state index >= 15 is 0 Å². The van der Waals surface area contributed by atoms with E-state index in [1.54, 1.807) is 15.9 Å². The Labute approximate surface area is 129 Å². The molecule has 9 heteroatoms. The molecule has 1 aliphatic rings. The van der Waals surface area contributed by atoms with E-state index in [4.69, 9.17) is 4.42 Å². The normalized spacial score (nSPS) is 15.8. The first-order valence-electron chi connectivity index (χ1n) is 6.92. The Bertz CT molecular complexity index is 662. The van der Waals surface area contributed by atoms with Gasteiger partial charge in [-0.05, 0) is 18.2 Å². The Morgan fingerprint density at radius 2 is 1.83 bits per heavy atom. The largest absolute Gasteiger partial charge is 0.472 e. The number of hydrogen-bond acceptors (Lipinski definition) is 5. The zero-order chi connectivity index (χ0) is 16.4. The van der Waals surface area contributed by atoms with Crippen molar-refractivity contribution in [2.75, 3.05) is 31.1 Å². The molecule has 1 amide bonds. The first kappa shape index (κ1) is 15.3. The molecule has 2 aromatic rings. The van der Waals surface area contributed by atoms with E-state index in [1.165, 1.54) is 18.6 Å². The van der Waals surface area contributed by atoms with Crippen LogP contribution in [0, 0.1) is 0 Å². The van der Waals surface area contributed by atoms with E-state index in [1.807, 2.05) is 0 Å². The maximum atomic E-state index is 12.5. The first-order valence-corrected chi connectivity index (χ1v) is 6.92. The van der Waals surface area contributed by atoms with E-state index in [-0.39, 0.29) is 5.91 Å². The third-order valence-corrected chi connectivity index (χ3v) is 3.60. The fourth-order valence-corrected chi connectivity index (χ4v) is 2.35. The van der Waals surface area contributed by atoms with Gasteiger partial charge in [0, 0.05) is 26.2 Å². The molecule has 0 aliphatic carbocycles. The lowest BCUT2D eigenvalue weighted by atomic mass is 10.2. The minimum atomic E-state index is -4.50. The molecule has 0 atom stereocenters. The van der Waals surface area contributed by atoms with Gasteiger partial charge in [-0.25, -0.2) is 0 Å². The quantitative estimate of drug-likeness (QED) is 0.845. The fourth-order valence-electron chi connectivity index (χ4n) is 2.35. The molecule has 2 aromatic heterocycles. The highest BCUT2D eigenvalue weighted by Gasteiger charge is 2.33. The van der Waals surface area contributed by atoms with Crippen LogP contribution in [-0.4, -0.2) is 47.2 Å². The lowest BCUT2D eigenvalue weighted by molar-refractivity contribution is -0.141. The van der Waals surface area contributed by atoms with Crippen LogP contribution in [0.25, 0.3) is 0 Å². The summed E-state index contributed by atoms with van der Waals surface area (Å²) in [5.74, 6) is 0.241. The first-order chi connectivity index (χ1) is 10.9. The molecule has 0 saturated carbocycles. The Kier molecular flexibility index (Phi) is 3.93. The Morgan fingerprint density at radius 3 is 2.35 bits per heavy atom. The molecule has 0 spiro atoms. The zero-order valence-electron chi connectivity index (χ0n) is 12.0. The minimum Gasteiger partial charge on any atom is -0.472 e. The smallest absolute Gasteiger partial charge is 0.435 e. The SMILES string of the molecule is O=C(c1ccoc1)N1CCN(c2ccc(C(F)(F)F)nn2)CC1. The number of aromatic nitrogens is 2. The number of hydrogen-bond donors (Lipinski definition) is 0. The van der Waals surface area contributed by atoms with E-state index in [2.05, 4.69) is 10.2 Å². The summed E-state index contributed by atoms with van der Waals surface area (Å²) < 4.78 is 42.3. The topological polar surface area (TPSA) is 62.5 Å². The van der Waals surface area contributed by atoms with Crippen LogP contribution < -0.4 is 4.90 Å². The van der Waals surface area contributed by atoms with Gasteiger partial charge in [0.15, 0.2) is 11.5 Å². The third kappa shape index (κ3) is 3.27. The van der Waals surface area contributed by atoms with E-state index < -0.39 is 11.9 Å². The predicted molar refractivity (Wildman–Crippen MR) is 73.9 cm³/mol. The molecule has 0 unspecified atom stereocenters. The number of furan rings is 1. The van der Waals surface area contributed by atoms with E-state index in [0.717, 1.165) is 6.07 Å². The second kappa shape index (κ2) is 5.90. The molecular weight excluding hydrogens is 313 g/mol. The van der Waals surface area contributed by atoms with Crippen molar-refractivity contribution in [1.82, 2.24) is 15.1 Å². The molecule has 0 bridgehead atoms. The van der Waals surface area contributed by atoms with Crippen molar-refractivity contribution >= 4 is 11.7 Å². The maximum absolute atomic E-state index is 12.5. The van der Waals surface area contributed by atoms with Gasteiger partial charge < -0.3 is 14.2 Å². The van der Waals surface area contributed by atoms with Crippen molar-refractivity contribution in [2.45, 2.75) is 6.18 Å². The van der Waals surface area contributed by atoms with Gasteiger partial charge in [-0.15, -0.1) is 10.2 Å². The van der Waals surface area contributed by atoms with Crippen molar-refractivity contribution in [1.29, 1.82) is 0 Å². The van der Waals surface area contributed by atoms with Gasteiger partial charge >= 0.3 is 6.18 Å². The summed E-state index contributed by atoms with van der Waals surface area (Å²) in [5, 5.41) is 6.84. The number of alkyl halides is 3. The Hall–Kier alpha value is -2.58. The van der Waals surface area contributed by atoms with Gasteiger partial charge in [-0.1, -0.05) is 0 Å². The molecule has 0 N–H and O–H groups in total. The maximum Gasteiger partial charge on any atom is 0.435 e. The summed E-state index contributed by atoms with van der Waals surface area (Å²) in [4.78, 5) is 15.6. The summed E-state index contributed by atoms with van der Waals surface area (Å²) in [6, 6.07) is 3.80. The van der Waals surface area contributed by atoms with Crippen LogP contribution in [0.15, 0.2) is 35.1 Å². The minimum absolute atomic E-state index is 0.128. The zero-order valence-corrected chi connectivity index (χ0v) is 12.0. The molecule has 1 aliphatic heterocycles. The predicted octanol–water partition coefficient (Wildman–Crippen LogP) is 2.05. The van der Waals surface area contributed by atoms with Gasteiger partial charge in [0.2, 0.25) is 0 Å². The highest BCUT2D eigenvalue weighted by Crippen LogP contribution is 2.27. The number of rotatable bonds is 2. The summed E-state index contributed by atoms with van der Waals surface area (Å²) in [6.45, 7) is 1.85. The van der Waals surface area contributed by atoms with Crippen LogP contribution in [-0.2, 0) is 6.18 Å². The molecule has 122 valence electrons. The molecular formula is C14H13F3N4O2. The number of carbonyl (C=O) groups excluding carboxylic acids is 1. The van der Waals surface area contributed by atoms with Crippen LogP contribution in [0.5, 0.6) is 0 Å². The van der Waals surface area contributed by atoms with Crippen molar-refractivity contribution < 1.29 is 22.4 Å². The third-order valence-electron chi connectivity index (χ3n) is 3.60. The van der Waals surface area contributed by atoms with Gasteiger partial charge in [-0.3, -0.25) is 4.79 Å².